The Kier molecular flexibility index (Phi) is 4.82. The highest BCUT2D eigenvalue weighted by atomic mass is 16.1. The Balaban J connectivity index is 2.67. The summed E-state index contributed by atoms with van der Waals surface area (Å²) in [6.45, 7) is 10.8. The number of hydrogen-bond donors (Lipinski definition) is 1. The third kappa shape index (κ3) is 3.50. The molecule has 1 aliphatic carbocycles. The van der Waals surface area contributed by atoms with Crippen LogP contribution in [0.1, 0.15) is 53.9 Å². The number of nitrogens with one attached hydrogen (secondary N) is 1. The second-order valence-electron chi connectivity index (χ2n) is 6.10. The van der Waals surface area contributed by atoms with E-state index in [4.69, 9.17) is 0 Å². The van der Waals surface area contributed by atoms with Gasteiger partial charge in [-0.1, -0.05) is 27.2 Å². The highest BCUT2D eigenvalue weighted by Crippen LogP contribution is 2.38. The van der Waals surface area contributed by atoms with Gasteiger partial charge in [-0.2, -0.15) is 0 Å². The highest BCUT2D eigenvalue weighted by molar-refractivity contribution is 5.79. The quantitative estimate of drug-likeness (QED) is 0.785. The normalized spacial score (nSPS) is 30.8. The molecule has 0 aromatic carbocycles. The maximum absolute atomic E-state index is 12.2. The fourth-order valence-electron chi connectivity index (χ4n) is 2.90. The van der Waals surface area contributed by atoms with Crippen molar-refractivity contribution in [2.75, 3.05) is 0 Å². The van der Waals surface area contributed by atoms with Crippen molar-refractivity contribution in [3.05, 3.63) is 0 Å². The number of hydrogen-bond acceptors (Lipinski definition) is 1. The lowest BCUT2D eigenvalue weighted by Crippen LogP contribution is -2.42. The highest BCUT2D eigenvalue weighted by Gasteiger charge is 2.35. The first-order chi connectivity index (χ1) is 7.41. The van der Waals surface area contributed by atoms with Gasteiger partial charge in [0.2, 0.25) is 5.91 Å². The van der Waals surface area contributed by atoms with Crippen LogP contribution in [0.5, 0.6) is 0 Å². The van der Waals surface area contributed by atoms with Crippen LogP contribution < -0.4 is 5.32 Å². The molecule has 94 valence electrons. The monoisotopic (exact) mass is 225 g/mol. The van der Waals surface area contributed by atoms with Crippen molar-refractivity contribution in [2.45, 2.75) is 59.9 Å². The fraction of sp³-hybridized carbons (Fsp3) is 0.929. The van der Waals surface area contributed by atoms with E-state index in [0.29, 0.717) is 17.8 Å². The van der Waals surface area contributed by atoms with E-state index in [2.05, 4.69) is 26.1 Å². The van der Waals surface area contributed by atoms with E-state index in [1.165, 1.54) is 12.8 Å². The molecular weight excluding hydrogens is 198 g/mol. The first-order valence-corrected chi connectivity index (χ1v) is 6.72. The number of amides is 1. The van der Waals surface area contributed by atoms with Gasteiger partial charge in [-0.3, -0.25) is 4.79 Å². The van der Waals surface area contributed by atoms with Gasteiger partial charge in [0.05, 0.1) is 0 Å². The fourth-order valence-corrected chi connectivity index (χ4v) is 2.90. The van der Waals surface area contributed by atoms with Crippen LogP contribution in [0, 0.1) is 23.7 Å². The van der Waals surface area contributed by atoms with Crippen LogP contribution in [-0.2, 0) is 4.79 Å². The second-order valence-corrected chi connectivity index (χ2v) is 6.10. The smallest absolute Gasteiger partial charge is 0.223 e. The molecule has 16 heavy (non-hydrogen) atoms. The standard InChI is InChI=1S/C14H27NO/c1-9(2)12-7-6-11(5)8-13(12)14(16)15-10(3)4/h9-13H,6-8H2,1-5H3,(H,15,16)/t11-,12+,13-/m1/s1. The van der Waals surface area contributed by atoms with Crippen LogP contribution in [-0.4, -0.2) is 11.9 Å². The molecule has 1 N–H and O–H groups in total. The average Bonchev–Trinajstić information content (AvgIpc) is 2.15. The van der Waals surface area contributed by atoms with Crippen LogP contribution in [0.25, 0.3) is 0 Å². The lowest BCUT2D eigenvalue weighted by molar-refractivity contribution is -0.129. The van der Waals surface area contributed by atoms with Gasteiger partial charge in [0.25, 0.3) is 0 Å². The van der Waals surface area contributed by atoms with E-state index in [1.807, 2.05) is 13.8 Å². The molecule has 1 rings (SSSR count). The molecule has 1 amide bonds. The maximum atomic E-state index is 12.2. The summed E-state index contributed by atoms with van der Waals surface area (Å²) in [5, 5.41) is 3.08. The van der Waals surface area contributed by atoms with Crippen molar-refractivity contribution in [1.82, 2.24) is 5.32 Å². The number of carbonyl (C=O) groups is 1. The largest absolute Gasteiger partial charge is 0.354 e. The Bertz CT molecular complexity index is 235. The molecule has 2 nitrogen and oxygen atoms in total. The van der Waals surface area contributed by atoms with E-state index >= 15 is 0 Å². The maximum Gasteiger partial charge on any atom is 0.223 e. The average molecular weight is 225 g/mol. The number of carbonyl (C=O) groups excluding carboxylic acids is 1. The summed E-state index contributed by atoms with van der Waals surface area (Å²) in [5.74, 6) is 2.43. The lowest BCUT2D eigenvalue weighted by atomic mass is 9.69. The Hall–Kier alpha value is -0.530. The Labute approximate surface area is 100 Å². The Morgan fingerprint density at radius 1 is 1.19 bits per heavy atom. The van der Waals surface area contributed by atoms with E-state index in [9.17, 15) is 4.79 Å². The van der Waals surface area contributed by atoms with Gasteiger partial charge >= 0.3 is 0 Å². The first kappa shape index (κ1) is 13.5. The Morgan fingerprint density at radius 2 is 1.81 bits per heavy atom. The van der Waals surface area contributed by atoms with Gasteiger partial charge in [-0.25, -0.2) is 0 Å². The van der Waals surface area contributed by atoms with E-state index in [-0.39, 0.29) is 17.9 Å². The first-order valence-electron chi connectivity index (χ1n) is 6.72. The molecule has 0 radical (unpaired) electrons. The molecule has 2 heteroatoms. The molecule has 3 atom stereocenters. The van der Waals surface area contributed by atoms with Gasteiger partial charge in [0.15, 0.2) is 0 Å². The molecule has 1 saturated carbocycles. The van der Waals surface area contributed by atoms with Gasteiger partial charge in [0.1, 0.15) is 0 Å². The zero-order valence-corrected chi connectivity index (χ0v) is 11.4. The van der Waals surface area contributed by atoms with Gasteiger partial charge in [-0.05, 0) is 44.4 Å². The summed E-state index contributed by atoms with van der Waals surface area (Å²) < 4.78 is 0. The molecule has 0 spiro atoms. The van der Waals surface area contributed by atoms with Crippen molar-refractivity contribution in [3.63, 3.8) is 0 Å². The summed E-state index contributed by atoms with van der Waals surface area (Å²) in [6, 6.07) is 0.262. The summed E-state index contributed by atoms with van der Waals surface area (Å²) >= 11 is 0. The molecule has 1 aliphatic rings. The van der Waals surface area contributed by atoms with Crippen LogP contribution in [0.15, 0.2) is 0 Å². The minimum atomic E-state index is 0.242. The Morgan fingerprint density at radius 3 is 2.31 bits per heavy atom. The summed E-state index contributed by atoms with van der Waals surface area (Å²) in [5.41, 5.74) is 0. The van der Waals surface area contributed by atoms with E-state index in [1.54, 1.807) is 0 Å². The molecular formula is C14H27NO. The van der Waals surface area contributed by atoms with Crippen LogP contribution >= 0.6 is 0 Å². The van der Waals surface area contributed by atoms with Crippen molar-refractivity contribution < 1.29 is 4.79 Å². The van der Waals surface area contributed by atoms with E-state index in [0.717, 1.165) is 6.42 Å². The van der Waals surface area contributed by atoms with Crippen molar-refractivity contribution in [2.24, 2.45) is 23.7 Å². The van der Waals surface area contributed by atoms with Crippen LogP contribution in [0.4, 0.5) is 0 Å². The third-order valence-corrected chi connectivity index (χ3v) is 3.79. The summed E-state index contributed by atoms with van der Waals surface area (Å²) in [7, 11) is 0. The van der Waals surface area contributed by atoms with Crippen molar-refractivity contribution in [1.29, 1.82) is 0 Å². The molecule has 0 aliphatic heterocycles. The summed E-state index contributed by atoms with van der Waals surface area (Å²) in [4.78, 5) is 12.2. The zero-order chi connectivity index (χ0) is 12.3. The third-order valence-electron chi connectivity index (χ3n) is 3.79. The lowest BCUT2D eigenvalue weighted by Gasteiger charge is -2.36. The van der Waals surface area contributed by atoms with E-state index < -0.39 is 0 Å². The SMILES string of the molecule is CC(C)NC(=O)[C@@H]1C[C@H](C)CC[C@H]1C(C)C. The summed E-state index contributed by atoms with van der Waals surface area (Å²) in [6.07, 6.45) is 3.57. The van der Waals surface area contributed by atoms with Crippen molar-refractivity contribution >= 4 is 5.91 Å². The predicted molar refractivity (Wildman–Crippen MR) is 68.1 cm³/mol. The second kappa shape index (κ2) is 5.70. The molecule has 1 fully saturated rings. The molecule has 0 aromatic rings. The van der Waals surface area contributed by atoms with Gasteiger partial charge < -0.3 is 5.32 Å². The van der Waals surface area contributed by atoms with Crippen molar-refractivity contribution in [3.8, 4) is 0 Å². The van der Waals surface area contributed by atoms with Crippen LogP contribution in [0.3, 0.4) is 0 Å². The zero-order valence-electron chi connectivity index (χ0n) is 11.4. The van der Waals surface area contributed by atoms with Gasteiger partial charge in [-0.15, -0.1) is 0 Å². The molecule has 0 unspecified atom stereocenters. The topological polar surface area (TPSA) is 29.1 Å². The molecule has 0 saturated heterocycles. The molecule has 0 aromatic heterocycles. The molecule has 0 bridgehead atoms. The van der Waals surface area contributed by atoms with Gasteiger partial charge in [0, 0.05) is 12.0 Å². The predicted octanol–water partition coefficient (Wildman–Crippen LogP) is 3.22. The minimum Gasteiger partial charge on any atom is -0.354 e. The van der Waals surface area contributed by atoms with Crippen LogP contribution in [0.2, 0.25) is 0 Å². The number of rotatable bonds is 3. The molecule has 0 heterocycles. The minimum absolute atomic E-state index is 0.242.